The van der Waals surface area contributed by atoms with Gasteiger partial charge in [-0.05, 0) is 37.0 Å². The van der Waals surface area contributed by atoms with Crippen molar-refractivity contribution in [2.45, 2.75) is 48.9 Å². The van der Waals surface area contributed by atoms with E-state index in [-0.39, 0.29) is 16.6 Å². The van der Waals surface area contributed by atoms with E-state index in [4.69, 9.17) is 14.2 Å². The normalized spacial score (nSPS) is 22.1. The second kappa shape index (κ2) is 9.06. The zero-order chi connectivity index (χ0) is 21.0. The van der Waals surface area contributed by atoms with Gasteiger partial charge < -0.3 is 14.2 Å². The van der Waals surface area contributed by atoms with Gasteiger partial charge in [-0.1, -0.05) is 36.4 Å². The molecule has 7 heteroatoms. The Bertz CT molecular complexity index is 939. The van der Waals surface area contributed by atoms with Crippen LogP contribution < -0.4 is 4.74 Å². The Morgan fingerprint density at radius 2 is 1.87 bits per heavy atom. The highest BCUT2D eigenvalue weighted by Crippen LogP contribution is 2.37. The monoisotopic (exact) mass is 431 g/mol. The molecule has 0 saturated carbocycles. The van der Waals surface area contributed by atoms with Gasteiger partial charge in [0.15, 0.2) is 0 Å². The number of hydrogen-bond donors (Lipinski definition) is 0. The summed E-state index contributed by atoms with van der Waals surface area (Å²) in [6.07, 6.45) is 3.19. The first-order valence-electron chi connectivity index (χ1n) is 10.4. The molecular weight excluding hydrogens is 402 g/mol. The molecular formula is C23H29NO5S. The van der Waals surface area contributed by atoms with E-state index in [9.17, 15) is 8.42 Å². The number of nitrogens with zero attached hydrogens (tertiary/aromatic N) is 1. The molecule has 0 aromatic heterocycles. The lowest BCUT2D eigenvalue weighted by atomic mass is 9.84. The Morgan fingerprint density at radius 3 is 2.60 bits per heavy atom. The third-order valence-electron chi connectivity index (χ3n) is 6.09. The third kappa shape index (κ3) is 4.70. The van der Waals surface area contributed by atoms with Gasteiger partial charge in [-0.2, -0.15) is 4.31 Å². The number of hydrogen-bond acceptors (Lipinski definition) is 5. The maximum Gasteiger partial charge on any atom is 0.243 e. The van der Waals surface area contributed by atoms with E-state index in [1.165, 1.54) is 7.11 Å². The van der Waals surface area contributed by atoms with Gasteiger partial charge in [0, 0.05) is 32.2 Å². The lowest BCUT2D eigenvalue weighted by molar-refractivity contribution is -0.153. The Hall–Kier alpha value is -1.93. The second-order valence-electron chi connectivity index (χ2n) is 8.03. The van der Waals surface area contributed by atoms with Crippen molar-refractivity contribution >= 4 is 10.0 Å². The molecule has 6 nitrogen and oxygen atoms in total. The molecule has 0 radical (unpaired) electrons. The molecule has 2 aromatic carbocycles. The molecule has 30 heavy (non-hydrogen) atoms. The van der Waals surface area contributed by atoms with Crippen LogP contribution in [0.5, 0.6) is 5.75 Å². The number of benzene rings is 2. The van der Waals surface area contributed by atoms with Crippen LogP contribution in [0, 0.1) is 0 Å². The van der Waals surface area contributed by atoms with Gasteiger partial charge in [0.1, 0.15) is 5.75 Å². The molecule has 0 bridgehead atoms. The summed E-state index contributed by atoms with van der Waals surface area (Å²) in [7, 11) is -2.01. The Morgan fingerprint density at radius 1 is 1.10 bits per heavy atom. The van der Waals surface area contributed by atoms with Crippen LogP contribution in [0.4, 0.5) is 0 Å². The number of methoxy groups -OCH3 is 1. The van der Waals surface area contributed by atoms with Gasteiger partial charge >= 0.3 is 0 Å². The molecule has 2 aromatic rings. The van der Waals surface area contributed by atoms with Crippen molar-refractivity contribution in [2.75, 3.05) is 26.8 Å². The number of ether oxygens (including phenoxy) is 3. The van der Waals surface area contributed by atoms with Crippen molar-refractivity contribution in [1.29, 1.82) is 0 Å². The SMILES string of the molecule is COc1cccc(S(=O)(=O)N2CCC3(CC2)CC(OCc2ccccc2)CCO3)c1. The van der Waals surface area contributed by atoms with Gasteiger partial charge in [0.05, 0.1) is 30.3 Å². The predicted molar refractivity (Wildman–Crippen MR) is 114 cm³/mol. The van der Waals surface area contributed by atoms with E-state index in [0.717, 1.165) is 18.4 Å². The van der Waals surface area contributed by atoms with E-state index in [1.807, 2.05) is 18.2 Å². The molecule has 1 unspecified atom stereocenters. The molecule has 2 fully saturated rings. The zero-order valence-electron chi connectivity index (χ0n) is 17.3. The van der Waals surface area contributed by atoms with Gasteiger partial charge in [0.2, 0.25) is 10.0 Å². The topological polar surface area (TPSA) is 65.1 Å². The first-order valence-corrected chi connectivity index (χ1v) is 11.9. The fourth-order valence-electron chi connectivity index (χ4n) is 4.31. The molecule has 0 N–H and O–H groups in total. The van der Waals surface area contributed by atoms with Crippen molar-refractivity contribution in [3.63, 3.8) is 0 Å². The van der Waals surface area contributed by atoms with Crippen molar-refractivity contribution in [3.8, 4) is 5.75 Å². The lowest BCUT2D eigenvalue weighted by Crippen LogP contribution is -2.51. The van der Waals surface area contributed by atoms with Gasteiger partial charge in [-0.3, -0.25) is 0 Å². The molecule has 2 aliphatic rings. The molecule has 4 rings (SSSR count). The highest BCUT2D eigenvalue weighted by atomic mass is 32.2. The molecule has 0 aliphatic carbocycles. The van der Waals surface area contributed by atoms with Crippen LogP contribution in [0.2, 0.25) is 0 Å². The molecule has 0 amide bonds. The van der Waals surface area contributed by atoms with Crippen molar-refractivity contribution < 1.29 is 22.6 Å². The highest BCUT2D eigenvalue weighted by Gasteiger charge is 2.43. The average molecular weight is 432 g/mol. The third-order valence-corrected chi connectivity index (χ3v) is 7.98. The van der Waals surface area contributed by atoms with E-state index in [2.05, 4.69) is 12.1 Å². The lowest BCUT2D eigenvalue weighted by Gasteiger charge is -2.45. The minimum Gasteiger partial charge on any atom is -0.497 e. The summed E-state index contributed by atoms with van der Waals surface area (Å²) in [6.45, 7) is 2.15. The van der Waals surface area contributed by atoms with E-state index >= 15 is 0 Å². The van der Waals surface area contributed by atoms with Crippen LogP contribution in [-0.2, 0) is 26.1 Å². The van der Waals surface area contributed by atoms with Gasteiger partial charge in [-0.15, -0.1) is 0 Å². The Kier molecular flexibility index (Phi) is 6.43. The summed E-state index contributed by atoms with van der Waals surface area (Å²) >= 11 is 0. The van der Waals surface area contributed by atoms with Crippen LogP contribution in [0.15, 0.2) is 59.5 Å². The van der Waals surface area contributed by atoms with E-state index in [0.29, 0.717) is 44.9 Å². The van der Waals surface area contributed by atoms with Crippen molar-refractivity contribution in [1.82, 2.24) is 4.31 Å². The van der Waals surface area contributed by atoms with Crippen molar-refractivity contribution in [2.24, 2.45) is 0 Å². The second-order valence-corrected chi connectivity index (χ2v) is 9.96. The number of sulfonamides is 1. The molecule has 2 saturated heterocycles. The summed E-state index contributed by atoms with van der Waals surface area (Å²) in [5, 5.41) is 0. The maximum atomic E-state index is 13.1. The summed E-state index contributed by atoms with van der Waals surface area (Å²) in [6, 6.07) is 16.8. The van der Waals surface area contributed by atoms with Gasteiger partial charge in [-0.25, -0.2) is 8.42 Å². The van der Waals surface area contributed by atoms with E-state index in [1.54, 1.807) is 28.6 Å². The fourth-order valence-corrected chi connectivity index (χ4v) is 5.78. The van der Waals surface area contributed by atoms with Crippen molar-refractivity contribution in [3.05, 3.63) is 60.2 Å². The first-order chi connectivity index (χ1) is 14.5. The van der Waals surface area contributed by atoms with E-state index < -0.39 is 10.0 Å². The molecule has 2 heterocycles. The fraction of sp³-hybridized carbons (Fsp3) is 0.478. The molecule has 1 spiro atoms. The highest BCUT2D eigenvalue weighted by molar-refractivity contribution is 7.89. The maximum absolute atomic E-state index is 13.1. The van der Waals surface area contributed by atoms with Crippen LogP contribution in [-0.4, -0.2) is 51.2 Å². The largest absolute Gasteiger partial charge is 0.497 e. The smallest absolute Gasteiger partial charge is 0.243 e. The summed E-state index contributed by atoms with van der Waals surface area (Å²) in [4.78, 5) is 0.270. The van der Waals surface area contributed by atoms with Crippen LogP contribution in [0.3, 0.4) is 0 Å². The van der Waals surface area contributed by atoms with Crippen LogP contribution in [0.1, 0.15) is 31.2 Å². The van der Waals surface area contributed by atoms with Gasteiger partial charge in [0.25, 0.3) is 0 Å². The summed E-state index contributed by atoms with van der Waals surface area (Å²) in [5.41, 5.74) is 0.872. The predicted octanol–water partition coefficient (Wildman–Crippen LogP) is 3.61. The molecule has 1 atom stereocenters. The van der Waals surface area contributed by atoms with Crippen LogP contribution in [0.25, 0.3) is 0 Å². The zero-order valence-corrected chi connectivity index (χ0v) is 18.1. The minimum atomic E-state index is -3.54. The Balaban J connectivity index is 1.36. The van der Waals surface area contributed by atoms with Crippen LogP contribution >= 0.6 is 0 Å². The molecule has 162 valence electrons. The summed E-state index contributed by atoms with van der Waals surface area (Å²) < 4.78 is 45.2. The first kappa shape index (κ1) is 21.3. The Labute approximate surface area is 178 Å². The summed E-state index contributed by atoms with van der Waals surface area (Å²) in [5.74, 6) is 0.540. The number of rotatable bonds is 6. The average Bonchev–Trinajstić information content (AvgIpc) is 2.79. The quantitative estimate of drug-likeness (QED) is 0.699. The molecule has 2 aliphatic heterocycles. The standard InChI is InChI=1S/C23H29NO5S/c1-27-20-8-5-9-22(16-20)30(25,26)24-13-11-23(12-14-24)17-21(10-15-29-23)28-18-19-6-3-2-4-7-19/h2-9,16,21H,10-15,17-18H2,1H3. The minimum absolute atomic E-state index is 0.139. The number of piperidine rings is 1.